The highest BCUT2D eigenvalue weighted by atomic mass is 32.1. The molecule has 0 bridgehead atoms. The number of rotatable bonds is 9. The second kappa shape index (κ2) is 11.0. The molecule has 8 heteroatoms. The maximum Gasteiger partial charge on any atom is 0.341 e. The summed E-state index contributed by atoms with van der Waals surface area (Å²) in [4.78, 5) is 37.0. The first kappa shape index (κ1) is 22.2. The van der Waals surface area contributed by atoms with Crippen LogP contribution < -0.4 is 10.1 Å². The topological polar surface area (TPSA) is 90.9 Å². The lowest BCUT2D eigenvalue weighted by atomic mass is 10.2. The van der Waals surface area contributed by atoms with Crippen LogP contribution in [0.3, 0.4) is 0 Å². The molecule has 0 aliphatic rings. The summed E-state index contributed by atoms with van der Waals surface area (Å²) in [6.07, 6.45) is 3.48. The van der Waals surface area contributed by atoms with Gasteiger partial charge in [0.15, 0.2) is 6.61 Å². The predicted octanol–water partition coefficient (Wildman–Crippen LogP) is 3.69. The molecule has 0 unspecified atom stereocenters. The Labute approximate surface area is 173 Å². The number of nitrogens with one attached hydrogen (secondary N) is 1. The van der Waals surface area contributed by atoms with Crippen LogP contribution in [0.2, 0.25) is 0 Å². The number of hydrogen-bond donors (Lipinski definition) is 1. The van der Waals surface area contributed by atoms with E-state index in [1.54, 1.807) is 31.2 Å². The molecule has 7 nitrogen and oxygen atoms in total. The Morgan fingerprint density at radius 2 is 1.90 bits per heavy atom. The summed E-state index contributed by atoms with van der Waals surface area (Å²) in [5.41, 5.74) is 1.01. The summed E-state index contributed by atoms with van der Waals surface area (Å²) >= 11 is 1.29. The maximum absolute atomic E-state index is 12.1. The van der Waals surface area contributed by atoms with Crippen molar-refractivity contribution in [2.24, 2.45) is 0 Å². The molecular weight excluding hydrogens is 394 g/mol. The fourth-order valence-electron chi connectivity index (χ4n) is 2.38. The molecule has 0 spiro atoms. The molecule has 0 aliphatic heterocycles. The van der Waals surface area contributed by atoms with E-state index in [9.17, 15) is 14.4 Å². The first-order chi connectivity index (χ1) is 14.0. The van der Waals surface area contributed by atoms with Crippen LogP contribution in [-0.2, 0) is 25.5 Å². The summed E-state index contributed by atoms with van der Waals surface area (Å²) < 4.78 is 15.2. The van der Waals surface area contributed by atoms with E-state index in [2.05, 4.69) is 5.32 Å². The predicted molar refractivity (Wildman–Crippen MR) is 111 cm³/mol. The summed E-state index contributed by atoms with van der Waals surface area (Å²) in [6.45, 7) is 3.42. The van der Waals surface area contributed by atoms with Crippen molar-refractivity contribution >= 4 is 40.3 Å². The smallest absolute Gasteiger partial charge is 0.341 e. The van der Waals surface area contributed by atoms with E-state index in [0.717, 1.165) is 11.3 Å². The molecule has 0 atom stereocenters. The van der Waals surface area contributed by atoms with Gasteiger partial charge in [0.1, 0.15) is 10.8 Å². The van der Waals surface area contributed by atoms with Crippen LogP contribution in [0.1, 0.15) is 34.6 Å². The Kier molecular flexibility index (Phi) is 8.42. The fourth-order valence-corrected chi connectivity index (χ4v) is 3.38. The lowest BCUT2D eigenvalue weighted by Gasteiger charge is -2.06. The van der Waals surface area contributed by atoms with Crippen LogP contribution >= 0.6 is 11.3 Å². The highest BCUT2D eigenvalue weighted by molar-refractivity contribution is 7.16. The fraction of sp³-hybridized carbons (Fsp3) is 0.286. The number of methoxy groups -OCH3 is 1. The van der Waals surface area contributed by atoms with Crippen LogP contribution in [0.15, 0.2) is 36.4 Å². The third kappa shape index (κ3) is 6.46. The maximum atomic E-state index is 12.1. The van der Waals surface area contributed by atoms with Crippen LogP contribution in [0.4, 0.5) is 5.00 Å². The van der Waals surface area contributed by atoms with E-state index < -0.39 is 24.5 Å². The van der Waals surface area contributed by atoms with Gasteiger partial charge in [-0.3, -0.25) is 4.79 Å². The Bertz CT molecular complexity index is 902. The summed E-state index contributed by atoms with van der Waals surface area (Å²) in [5.74, 6) is -1.10. The Morgan fingerprint density at radius 1 is 1.14 bits per heavy atom. The van der Waals surface area contributed by atoms with E-state index in [1.807, 2.05) is 19.1 Å². The molecule has 0 radical (unpaired) electrons. The number of aryl methyl sites for hydroxylation is 1. The number of para-hydroxylation sites is 1. The van der Waals surface area contributed by atoms with Crippen LogP contribution in [-0.4, -0.2) is 38.2 Å². The second-order valence-corrected chi connectivity index (χ2v) is 6.90. The number of carbonyl (C=O) groups is 3. The van der Waals surface area contributed by atoms with Crippen molar-refractivity contribution < 1.29 is 28.6 Å². The van der Waals surface area contributed by atoms with Gasteiger partial charge in [-0.05, 0) is 31.6 Å². The zero-order chi connectivity index (χ0) is 21.2. The molecular formula is C21H23NO6S. The van der Waals surface area contributed by atoms with Gasteiger partial charge in [0.2, 0.25) is 0 Å². The third-order valence-corrected chi connectivity index (χ3v) is 4.96. The Hall–Kier alpha value is -3.13. The minimum Gasteiger partial charge on any atom is -0.496 e. The molecule has 0 aliphatic carbocycles. The van der Waals surface area contributed by atoms with Gasteiger partial charge in [-0.25, -0.2) is 9.59 Å². The molecule has 1 amide bonds. The third-order valence-electron chi connectivity index (χ3n) is 3.76. The van der Waals surface area contributed by atoms with Gasteiger partial charge in [0.25, 0.3) is 5.91 Å². The number of ether oxygens (including phenoxy) is 3. The van der Waals surface area contributed by atoms with E-state index >= 15 is 0 Å². The molecule has 29 heavy (non-hydrogen) atoms. The normalized spacial score (nSPS) is 10.6. The van der Waals surface area contributed by atoms with Crippen LogP contribution in [0, 0.1) is 0 Å². The van der Waals surface area contributed by atoms with Crippen molar-refractivity contribution in [3.05, 3.63) is 52.4 Å². The van der Waals surface area contributed by atoms with Crippen molar-refractivity contribution in [2.75, 3.05) is 25.6 Å². The van der Waals surface area contributed by atoms with Crippen LogP contribution in [0.5, 0.6) is 5.75 Å². The molecule has 0 saturated heterocycles. The van der Waals surface area contributed by atoms with E-state index in [4.69, 9.17) is 14.2 Å². The SMILES string of the molecule is CCOC(=O)c1cc(CC)sc1NC(=O)COC(=O)/C=C/c1ccccc1OC. The van der Waals surface area contributed by atoms with Crippen molar-refractivity contribution in [2.45, 2.75) is 20.3 Å². The van der Waals surface area contributed by atoms with Gasteiger partial charge in [-0.2, -0.15) is 0 Å². The number of benzene rings is 1. The molecule has 1 aromatic carbocycles. The molecule has 1 aromatic heterocycles. The quantitative estimate of drug-likeness (QED) is 0.494. The van der Waals surface area contributed by atoms with E-state index in [1.165, 1.54) is 24.5 Å². The average Bonchev–Trinajstić information content (AvgIpc) is 3.14. The molecule has 1 heterocycles. The van der Waals surface area contributed by atoms with Gasteiger partial charge in [-0.15, -0.1) is 11.3 Å². The summed E-state index contributed by atoms with van der Waals surface area (Å²) in [6, 6.07) is 8.88. The number of hydrogen-bond acceptors (Lipinski definition) is 7. The van der Waals surface area contributed by atoms with Crippen molar-refractivity contribution in [1.82, 2.24) is 0 Å². The Morgan fingerprint density at radius 3 is 2.59 bits per heavy atom. The molecule has 2 rings (SSSR count). The van der Waals surface area contributed by atoms with Gasteiger partial charge in [0.05, 0.1) is 19.3 Å². The molecule has 0 saturated carbocycles. The lowest BCUT2D eigenvalue weighted by Crippen LogP contribution is -2.21. The monoisotopic (exact) mass is 417 g/mol. The van der Waals surface area contributed by atoms with Crippen molar-refractivity contribution in [1.29, 1.82) is 0 Å². The van der Waals surface area contributed by atoms with E-state index in [-0.39, 0.29) is 6.61 Å². The van der Waals surface area contributed by atoms with Crippen molar-refractivity contribution in [3.63, 3.8) is 0 Å². The first-order valence-electron chi connectivity index (χ1n) is 9.06. The van der Waals surface area contributed by atoms with Gasteiger partial charge in [0, 0.05) is 16.5 Å². The van der Waals surface area contributed by atoms with Gasteiger partial charge >= 0.3 is 11.9 Å². The zero-order valence-electron chi connectivity index (χ0n) is 16.5. The highest BCUT2D eigenvalue weighted by Gasteiger charge is 2.19. The largest absolute Gasteiger partial charge is 0.496 e. The van der Waals surface area contributed by atoms with Crippen LogP contribution in [0.25, 0.3) is 6.08 Å². The standard InChI is InChI=1S/C21H23NO6S/c1-4-15-12-16(21(25)27-5-2)20(29-15)22-18(23)13-28-19(24)11-10-14-8-6-7-9-17(14)26-3/h6-12H,4-5,13H2,1-3H3,(H,22,23)/b11-10+. The lowest BCUT2D eigenvalue weighted by molar-refractivity contribution is -0.142. The summed E-state index contributed by atoms with van der Waals surface area (Å²) in [7, 11) is 1.54. The minimum atomic E-state index is -0.669. The number of esters is 2. The number of anilines is 1. The zero-order valence-corrected chi connectivity index (χ0v) is 17.3. The first-order valence-corrected chi connectivity index (χ1v) is 9.87. The molecule has 2 aromatic rings. The average molecular weight is 417 g/mol. The molecule has 1 N–H and O–H groups in total. The highest BCUT2D eigenvalue weighted by Crippen LogP contribution is 2.29. The number of thiophene rings is 1. The van der Waals surface area contributed by atoms with E-state index in [0.29, 0.717) is 21.9 Å². The van der Waals surface area contributed by atoms with Gasteiger partial charge < -0.3 is 19.5 Å². The summed E-state index contributed by atoms with van der Waals surface area (Å²) in [5, 5.41) is 2.99. The molecule has 0 fully saturated rings. The number of amides is 1. The number of carbonyl (C=O) groups excluding carboxylic acids is 3. The Balaban J connectivity index is 1.94. The second-order valence-electron chi connectivity index (χ2n) is 5.76. The van der Waals surface area contributed by atoms with Crippen molar-refractivity contribution in [3.8, 4) is 5.75 Å². The van der Waals surface area contributed by atoms with Gasteiger partial charge in [-0.1, -0.05) is 25.1 Å². The molecule has 154 valence electrons. The minimum absolute atomic E-state index is 0.236.